The molecule has 0 spiro atoms. The van der Waals surface area contributed by atoms with Gasteiger partial charge in [-0.25, -0.2) is 4.68 Å². The van der Waals surface area contributed by atoms with Crippen LogP contribution in [-0.2, 0) is 13.3 Å². The molecule has 0 atom stereocenters. The summed E-state index contributed by atoms with van der Waals surface area (Å²) in [5.74, 6) is 0.146. The highest BCUT2D eigenvalue weighted by Crippen LogP contribution is 2.27. The summed E-state index contributed by atoms with van der Waals surface area (Å²) in [5.41, 5.74) is 3.22. The average molecular weight is 456 g/mol. The molecule has 0 saturated heterocycles. The maximum atomic E-state index is 12.5. The molecule has 0 bridgehead atoms. The number of benzene rings is 2. The fourth-order valence-corrected chi connectivity index (χ4v) is 3.42. The summed E-state index contributed by atoms with van der Waals surface area (Å²) in [6.45, 7) is 2.78. The number of carbonyl (C=O) groups excluding carboxylic acids is 1. The Balaban J connectivity index is 1.35. The van der Waals surface area contributed by atoms with Crippen LogP contribution in [0.25, 0.3) is 0 Å². The van der Waals surface area contributed by atoms with E-state index in [4.69, 9.17) is 27.9 Å². The minimum absolute atomic E-state index is 0.100. The number of aryl methyl sites for hydroxylation is 1. The minimum Gasteiger partial charge on any atom is -0.470 e. The second-order valence-corrected chi connectivity index (χ2v) is 7.74. The largest absolute Gasteiger partial charge is 0.470 e. The van der Waals surface area contributed by atoms with Crippen LogP contribution in [0.5, 0.6) is 5.75 Å². The van der Waals surface area contributed by atoms with Crippen LogP contribution in [0.15, 0.2) is 67.1 Å². The Morgan fingerprint density at radius 3 is 2.77 bits per heavy atom. The summed E-state index contributed by atoms with van der Waals surface area (Å²) < 4.78 is 8.90. The number of rotatable bonds is 7. The number of halogens is 2. The Labute approximate surface area is 189 Å². The predicted octanol–water partition coefficient (Wildman–Crippen LogP) is 5.03. The van der Waals surface area contributed by atoms with Gasteiger partial charge in [-0.05, 0) is 42.3 Å². The van der Waals surface area contributed by atoms with Crippen LogP contribution in [0.4, 0.5) is 5.69 Å². The molecule has 2 aromatic carbocycles. The van der Waals surface area contributed by atoms with E-state index in [-0.39, 0.29) is 18.3 Å². The summed E-state index contributed by atoms with van der Waals surface area (Å²) in [4.78, 5) is 12.5. The first kappa shape index (κ1) is 21.0. The van der Waals surface area contributed by atoms with Crippen molar-refractivity contribution in [1.82, 2.24) is 19.6 Å². The van der Waals surface area contributed by atoms with Crippen LogP contribution in [0.1, 0.15) is 21.6 Å². The molecule has 4 aromatic rings. The van der Waals surface area contributed by atoms with E-state index in [0.29, 0.717) is 28.0 Å². The number of hydrogen-bond donors (Lipinski definition) is 1. The van der Waals surface area contributed by atoms with Crippen LogP contribution < -0.4 is 10.1 Å². The van der Waals surface area contributed by atoms with Crippen LogP contribution in [0.3, 0.4) is 0 Å². The Morgan fingerprint density at radius 2 is 1.97 bits per heavy atom. The molecule has 158 valence electrons. The number of nitrogens with one attached hydrogen (secondary N) is 1. The van der Waals surface area contributed by atoms with E-state index in [0.717, 1.165) is 0 Å². The molecule has 0 unspecified atom stereocenters. The van der Waals surface area contributed by atoms with E-state index in [1.54, 1.807) is 47.5 Å². The van der Waals surface area contributed by atoms with Gasteiger partial charge in [0.25, 0.3) is 5.91 Å². The summed E-state index contributed by atoms with van der Waals surface area (Å²) in [5, 5.41) is 12.3. The van der Waals surface area contributed by atoms with E-state index in [9.17, 15) is 4.79 Å². The van der Waals surface area contributed by atoms with Crippen molar-refractivity contribution in [3.63, 3.8) is 0 Å². The van der Waals surface area contributed by atoms with Crippen molar-refractivity contribution >= 4 is 34.8 Å². The molecule has 1 amide bonds. The van der Waals surface area contributed by atoms with Gasteiger partial charge < -0.3 is 10.1 Å². The van der Waals surface area contributed by atoms with Crippen molar-refractivity contribution in [3.8, 4) is 5.75 Å². The number of aromatic nitrogens is 4. The van der Waals surface area contributed by atoms with Gasteiger partial charge in [-0.2, -0.15) is 10.2 Å². The molecule has 2 heterocycles. The summed E-state index contributed by atoms with van der Waals surface area (Å²) in [6, 6.07) is 14.7. The Hall–Kier alpha value is -3.29. The number of carbonyl (C=O) groups is 1. The second-order valence-electron chi connectivity index (χ2n) is 6.90. The molecule has 0 fully saturated rings. The molecule has 2 aromatic heterocycles. The Kier molecular flexibility index (Phi) is 6.25. The standard InChI is InChI=1S/C22H19Cl2N5O2/c1-15-4-2-3-5-16(15)12-29-13-18(11-25-29)26-22(30)20-8-9-28(27-20)14-31-21-7-6-17(23)10-19(21)24/h2-11,13H,12,14H2,1H3,(H,26,30). The molecule has 0 aliphatic heterocycles. The normalized spacial score (nSPS) is 10.8. The van der Waals surface area contributed by atoms with Gasteiger partial charge >= 0.3 is 0 Å². The Morgan fingerprint density at radius 1 is 1.13 bits per heavy atom. The van der Waals surface area contributed by atoms with Crippen molar-refractivity contribution in [2.75, 3.05) is 5.32 Å². The highest BCUT2D eigenvalue weighted by Gasteiger charge is 2.12. The predicted molar refractivity (Wildman–Crippen MR) is 120 cm³/mol. The smallest absolute Gasteiger partial charge is 0.276 e. The molecule has 4 rings (SSSR count). The molecule has 7 nitrogen and oxygen atoms in total. The maximum absolute atomic E-state index is 12.5. The lowest BCUT2D eigenvalue weighted by Gasteiger charge is -2.08. The molecule has 0 radical (unpaired) electrons. The third-order valence-corrected chi connectivity index (χ3v) is 5.13. The van der Waals surface area contributed by atoms with Crippen LogP contribution in [-0.4, -0.2) is 25.5 Å². The minimum atomic E-state index is -0.335. The Bertz CT molecular complexity index is 1220. The van der Waals surface area contributed by atoms with E-state index in [1.807, 2.05) is 12.1 Å². The van der Waals surface area contributed by atoms with E-state index in [1.165, 1.54) is 15.8 Å². The van der Waals surface area contributed by atoms with Gasteiger partial charge in [-0.1, -0.05) is 47.5 Å². The number of anilines is 1. The van der Waals surface area contributed by atoms with E-state index >= 15 is 0 Å². The summed E-state index contributed by atoms with van der Waals surface area (Å²) >= 11 is 12.0. The van der Waals surface area contributed by atoms with Crippen LogP contribution in [0.2, 0.25) is 10.0 Å². The topological polar surface area (TPSA) is 74.0 Å². The molecule has 0 aliphatic carbocycles. The lowest BCUT2D eigenvalue weighted by Crippen LogP contribution is -2.14. The average Bonchev–Trinajstić information content (AvgIpc) is 3.39. The molecule has 9 heteroatoms. The monoisotopic (exact) mass is 455 g/mol. The lowest BCUT2D eigenvalue weighted by atomic mass is 10.1. The number of nitrogens with zero attached hydrogens (tertiary/aromatic N) is 4. The van der Waals surface area contributed by atoms with E-state index < -0.39 is 0 Å². The molecular weight excluding hydrogens is 437 g/mol. The molecular formula is C22H19Cl2N5O2. The fourth-order valence-electron chi connectivity index (χ4n) is 2.95. The fraction of sp³-hybridized carbons (Fsp3) is 0.136. The van der Waals surface area contributed by atoms with Crippen molar-refractivity contribution in [3.05, 3.63) is 94.0 Å². The van der Waals surface area contributed by atoms with Crippen molar-refractivity contribution in [1.29, 1.82) is 0 Å². The van der Waals surface area contributed by atoms with Gasteiger partial charge in [-0.15, -0.1) is 0 Å². The van der Waals surface area contributed by atoms with Crippen molar-refractivity contribution in [2.45, 2.75) is 20.2 Å². The lowest BCUT2D eigenvalue weighted by molar-refractivity contribution is 0.102. The first-order chi connectivity index (χ1) is 15.0. The molecule has 0 aliphatic rings. The van der Waals surface area contributed by atoms with Gasteiger partial charge in [0.05, 0.1) is 23.5 Å². The van der Waals surface area contributed by atoms with Crippen molar-refractivity contribution < 1.29 is 9.53 Å². The zero-order chi connectivity index (χ0) is 21.8. The third-order valence-electron chi connectivity index (χ3n) is 4.60. The first-order valence-electron chi connectivity index (χ1n) is 9.47. The highest BCUT2D eigenvalue weighted by atomic mass is 35.5. The van der Waals surface area contributed by atoms with Crippen molar-refractivity contribution in [2.24, 2.45) is 0 Å². The highest BCUT2D eigenvalue weighted by molar-refractivity contribution is 6.35. The van der Waals surface area contributed by atoms with Gasteiger partial charge in [0.2, 0.25) is 0 Å². The summed E-state index contributed by atoms with van der Waals surface area (Å²) in [7, 11) is 0. The zero-order valence-electron chi connectivity index (χ0n) is 16.6. The van der Waals surface area contributed by atoms with Crippen LogP contribution >= 0.6 is 23.2 Å². The number of ether oxygens (including phenoxy) is 1. The first-order valence-corrected chi connectivity index (χ1v) is 10.2. The maximum Gasteiger partial charge on any atom is 0.276 e. The van der Waals surface area contributed by atoms with Gasteiger partial charge in [0.15, 0.2) is 12.4 Å². The second kappa shape index (κ2) is 9.24. The van der Waals surface area contributed by atoms with Gasteiger partial charge in [0.1, 0.15) is 5.75 Å². The molecule has 0 saturated carbocycles. The zero-order valence-corrected chi connectivity index (χ0v) is 18.1. The molecule has 31 heavy (non-hydrogen) atoms. The number of hydrogen-bond acceptors (Lipinski definition) is 4. The van der Waals surface area contributed by atoms with Gasteiger partial charge in [0, 0.05) is 17.4 Å². The summed E-state index contributed by atoms with van der Waals surface area (Å²) in [6.07, 6.45) is 5.05. The van der Waals surface area contributed by atoms with Crippen LogP contribution in [0, 0.1) is 6.92 Å². The van der Waals surface area contributed by atoms with Gasteiger partial charge in [-0.3, -0.25) is 9.48 Å². The number of amides is 1. The quantitative estimate of drug-likeness (QED) is 0.423. The third kappa shape index (κ3) is 5.25. The van der Waals surface area contributed by atoms with E-state index in [2.05, 4.69) is 34.6 Å². The SMILES string of the molecule is Cc1ccccc1Cn1cc(NC(=O)c2ccn(COc3ccc(Cl)cc3Cl)n2)cn1. The molecule has 1 N–H and O–H groups in total.